The zero-order chi connectivity index (χ0) is 17.9. The second-order valence-corrected chi connectivity index (χ2v) is 8.61. The van der Waals surface area contributed by atoms with Crippen LogP contribution < -0.4 is 0 Å². The molecule has 0 unspecified atom stereocenters. The number of esters is 1. The molecule has 0 fully saturated rings. The van der Waals surface area contributed by atoms with Gasteiger partial charge < -0.3 is 4.74 Å². The molecule has 5 nitrogen and oxygen atoms in total. The Labute approximate surface area is 154 Å². The molecule has 0 atom stereocenters. The van der Waals surface area contributed by atoms with E-state index < -0.39 is 16.0 Å². The lowest BCUT2D eigenvalue weighted by Gasteiger charge is -2.13. The largest absolute Gasteiger partial charge is 0.457 e. The number of rotatable bonds is 5. The maximum atomic E-state index is 12.2. The lowest BCUT2D eigenvalue weighted by Crippen LogP contribution is -2.22. The fourth-order valence-electron chi connectivity index (χ4n) is 1.84. The molecule has 0 saturated heterocycles. The van der Waals surface area contributed by atoms with Gasteiger partial charge in [-0.05, 0) is 35.9 Å². The molecule has 0 amide bonds. The minimum absolute atomic E-state index is 0.0108. The van der Waals surface area contributed by atoms with Crippen molar-refractivity contribution in [3.63, 3.8) is 0 Å². The number of nitrogens with zero attached hydrogens (tertiary/aromatic N) is 1. The first kappa shape index (κ1) is 18.9. The van der Waals surface area contributed by atoms with Gasteiger partial charge in [0, 0.05) is 18.6 Å². The fourth-order valence-corrected chi connectivity index (χ4v) is 3.23. The second kappa shape index (κ2) is 7.65. The lowest BCUT2D eigenvalue weighted by atomic mass is 10.2. The van der Waals surface area contributed by atoms with Crippen LogP contribution in [0.5, 0.6) is 0 Å². The van der Waals surface area contributed by atoms with Gasteiger partial charge in [0.15, 0.2) is 0 Å². The summed E-state index contributed by atoms with van der Waals surface area (Å²) in [5.74, 6) is -0.682. The van der Waals surface area contributed by atoms with Crippen LogP contribution in [0.2, 0.25) is 5.02 Å². The number of carbonyl (C=O) groups excluding carboxylic acids is 1. The van der Waals surface area contributed by atoms with E-state index >= 15 is 0 Å². The van der Waals surface area contributed by atoms with Crippen LogP contribution in [0.15, 0.2) is 51.8 Å². The summed E-state index contributed by atoms with van der Waals surface area (Å²) in [7, 11) is -0.835. The third kappa shape index (κ3) is 4.36. The molecular weight excluding hydrogens is 418 g/mol. The van der Waals surface area contributed by atoms with Gasteiger partial charge in [-0.3, -0.25) is 0 Å². The molecule has 2 aromatic carbocycles. The highest BCUT2D eigenvalue weighted by atomic mass is 79.9. The van der Waals surface area contributed by atoms with Gasteiger partial charge in [-0.15, -0.1) is 0 Å². The molecule has 24 heavy (non-hydrogen) atoms. The Morgan fingerprint density at radius 2 is 1.79 bits per heavy atom. The maximum Gasteiger partial charge on any atom is 0.340 e. The zero-order valence-electron chi connectivity index (χ0n) is 13.0. The van der Waals surface area contributed by atoms with Crippen molar-refractivity contribution in [2.75, 3.05) is 14.1 Å². The standard InChI is InChI=1S/C16H15BrClNO4S/c1-19(2)24(21,22)13-7-8-15(18)14(9-13)16(20)23-10-11-3-5-12(17)6-4-11/h3-9H,10H2,1-2H3. The maximum absolute atomic E-state index is 12.2. The summed E-state index contributed by atoms with van der Waals surface area (Å²) < 4.78 is 31.5. The molecule has 0 aromatic heterocycles. The monoisotopic (exact) mass is 431 g/mol. The highest BCUT2D eigenvalue weighted by Gasteiger charge is 2.21. The van der Waals surface area contributed by atoms with Crippen molar-refractivity contribution in [3.05, 3.63) is 63.1 Å². The first-order valence-electron chi connectivity index (χ1n) is 6.85. The zero-order valence-corrected chi connectivity index (χ0v) is 16.2. The smallest absolute Gasteiger partial charge is 0.340 e. The van der Waals surface area contributed by atoms with E-state index in [1.54, 1.807) is 0 Å². The van der Waals surface area contributed by atoms with Crippen molar-refractivity contribution >= 4 is 43.5 Å². The van der Waals surface area contributed by atoms with Crippen molar-refractivity contribution in [2.45, 2.75) is 11.5 Å². The van der Waals surface area contributed by atoms with Gasteiger partial charge in [-0.2, -0.15) is 0 Å². The van der Waals surface area contributed by atoms with Gasteiger partial charge in [0.25, 0.3) is 0 Å². The average molecular weight is 433 g/mol. The first-order chi connectivity index (χ1) is 11.2. The van der Waals surface area contributed by atoms with Crippen LogP contribution in [-0.4, -0.2) is 32.8 Å². The summed E-state index contributed by atoms with van der Waals surface area (Å²) in [6.45, 7) is 0.0626. The third-order valence-electron chi connectivity index (χ3n) is 3.22. The predicted octanol–water partition coefficient (Wildman–Crippen LogP) is 3.71. The lowest BCUT2D eigenvalue weighted by molar-refractivity contribution is 0.0472. The van der Waals surface area contributed by atoms with E-state index in [9.17, 15) is 13.2 Å². The number of carbonyl (C=O) groups is 1. The van der Waals surface area contributed by atoms with Gasteiger partial charge in [0.1, 0.15) is 6.61 Å². The van der Waals surface area contributed by atoms with Gasteiger partial charge in [0.05, 0.1) is 15.5 Å². The first-order valence-corrected chi connectivity index (χ1v) is 9.46. The second-order valence-electron chi connectivity index (χ2n) is 5.13. The van der Waals surface area contributed by atoms with E-state index in [2.05, 4.69) is 15.9 Å². The third-order valence-corrected chi connectivity index (χ3v) is 5.89. The molecule has 8 heteroatoms. The Balaban J connectivity index is 2.21. The molecular formula is C16H15BrClNO4S. The highest BCUT2D eigenvalue weighted by Crippen LogP contribution is 2.23. The summed E-state index contributed by atoms with van der Waals surface area (Å²) in [6.07, 6.45) is 0. The van der Waals surface area contributed by atoms with E-state index in [4.69, 9.17) is 16.3 Å². The minimum atomic E-state index is -3.66. The van der Waals surface area contributed by atoms with Crippen LogP contribution in [0.4, 0.5) is 0 Å². The number of ether oxygens (including phenoxy) is 1. The number of hydrogen-bond donors (Lipinski definition) is 0. The highest BCUT2D eigenvalue weighted by molar-refractivity contribution is 9.10. The molecule has 2 rings (SSSR count). The van der Waals surface area contributed by atoms with Gasteiger partial charge in [-0.25, -0.2) is 17.5 Å². The summed E-state index contributed by atoms with van der Waals surface area (Å²) in [5, 5.41) is 0.133. The molecule has 0 aliphatic rings. The van der Waals surface area contributed by atoms with E-state index in [1.807, 2.05) is 24.3 Å². The van der Waals surface area contributed by atoms with Crippen LogP contribution in [0.3, 0.4) is 0 Å². The SMILES string of the molecule is CN(C)S(=O)(=O)c1ccc(Cl)c(C(=O)OCc2ccc(Br)cc2)c1. The van der Waals surface area contributed by atoms with E-state index in [0.717, 1.165) is 14.3 Å². The Kier molecular flexibility index (Phi) is 6.03. The van der Waals surface area contributed by atoms with E-state index in [0.29, 0.717) is 0 Å². The van der Waals surface area contributed by atoms with Crippen LogP contribution in [-0.2, 0) is 21.4 Å². The molecule has 0 saturated carbocycles. The number of benzene rings is 2. The molecule has 0 aliphatic heterocycles. The number of halogens is 2. The minimum Gasteiger partial charge on any atom is -0.457 e. The molecule has 128 valence electrons. The number of hydrogen-bond acceptors (Lipinski definition) is 4. The van der Waals surface area contributed by atoms with E-state index in [1.165, 1.54) is 32.3 Å². The van der Waals surface area contributed by atoms with Gasteiger partial charge >= 0.3 is 5.97 Å². The predicted molar refractivity (Wildman–Crippen MR) is 95.6 cm³/mol. The van der Waals surface area contributed by atoms with Crippen molar-refractivity contribution < 1.29 is 17.9 Å². The van der Waals surface area contributed by atoms with Crippen LogP contribution in [0, 0.1) is 0 Å². The summed E-state index contributed by atoms with van der Waals surface area (Å²) in [6, 6.07) is 11.2. The van der Waals surface area contributed by atoms with Crippen LogP contribution >= 0.6 is 27.5 Å². The molecule has 0 bridgehead atoms. The Hall–Kier alpha value is -1.41. The van der Waals surface area contributed by atoms with Crippen molar-refractivity contribution in [1.82, 2.24) is 4.31 Å². The van der Waals surface area contributed by atoms with Gasteiger partial charge in [0.2, 0.25) is 10.0 Å². The average Bonchev–Trinajstić information content (AvgIpc) is 2.54. The molecule has 0 N–H and O–H groups in total. The van der Waals surface area contributed by atoms with Gasteiger partial charge in [-0.1, -0.05) is 39.7 Å². The van der Waals surface area contributed by atoms with Crippen LogP contribution in [0.25, 0.3) is 0 Å². The molecule has 0 radical (unpaired) electrons. The van der Waals surface area contributed by atoms with Crippen molar-refractivity contribution in [1.29, 1.82) is 0 Å². The van der Waals surface area contributed by atoms with Crippen molar-refractivity contribution in [3.8, 4) is 0 Å². The van der Waals surface area contributed by atoms with Crippen LogP contribution in [0.1, 0.15) is 15.9 Å². The normalized spacial score (nSPS) is 11.5. The number of sulfonamides is 1. The Morgan fingerprint density at radius 1 is 1.17 bits per heavy atom. The quantitative estimate of drug-likeness (QED) is 0.676. The molecule has 0 heterocycles. The molecule has 0 aliphatic carbocycles. The Bertz CT molecular complexity index is 851. The topological polar surface area (TPSA) is 63.7 Å². The summed E-state index contributed by atoms with van der Waals surface area (Å²) in [4.78, 5) is 12.2. The molecule has 2 aromatic rings. The molecule has 0 spiro atoms. The fraction of sp³-hybridized carbons (Fsp3) is 0.188. The summed E-state index contributed by atoms with van der Waals surface area (Å²) in [5.41, 5.74) is 0.816. The van der Waals surface area contributed by atoms with Crippen molar-refractivity contribution in [2.24, 2.45) is 0 Å². The van der Waals surface area contributed by atoms with E-state index in [-0.39, 0.29) is 22.1 Å². The summed E-state index contributed by atoms with van der Waals surface area (Å²) >= 11 is 9.33. The Morgan fingerprint density at radius 3 is 2.38 bits per heavy atom.